The van der Waals surface area contributed by atoms with Crippen LogP contribution in [0.2, 0.25) is 0 Å². The minimum Gasteiger partial charge on any atom is -0.490 e. The number of hydrogen-bond acceptors (Lipinski definition) is 4. The highest BCUT2D eigenvalue weighted by molar-refractivity contribution is 7.12. The van der Waals surface area contributed by atoms with Crippen LogP contribution in [0.5, 0.6) is 5.75 Å². The fraction of sp³-hybridized carbons (Fsp3) is 0.375. The van der Waals surface area contributed by atoms with Gasteiger partial charge in [-0.05, 0) is 49.1 Å². The van der Waals surface area contributed by atoms with Gasteiger partial charge in [0, 0.05) is 9.75 Å². The highest BCUT2D eigenvalue weighted by atomic mass is 32.1. The average Bonchev–Trinajstić information content (AvgIpc) is 3.16. The molecule has 1 atom stereocenters. The zero-order valence-electron chi connectivity index (χ0n) is 11.6. The van der Waals surface area contributed by atoms with Gasteiger partial charge in [-0.3, -0.25) is 5.84 Å². The fourth-order valence-electron chi connectivity index (χ4n) is 2.20. The van der Waals surface area contributed by atoms with E-state index in [4.69, 9.17) is 10.6 Å². The zero-order valence-corrected chi connectivity index (χ0v) is 12.5. The van der Waals surface area contributed by atoms with Gasteiger partial charge >= 0.3 is 0 Å². The Bertz CT molecular complexity index is 560. The predicted molar refractivity (Wildman–Crippen MR) is 83.0 cm³/mol. The number of hydrazine groups is 1. The zero-order chi connectivity index (χ0) is 13.9. The van der Waals surface area contributed by atoms with E-state index in [1.165, 1.54) is 28.2 Å². The van der Waals surface area contributed by atoms with E-state index >= 15 is 0 Å². The Kier molecular flexibility index (Phi) is 4.05. The Hall–Kier alpha value is -1.36. The van der Waals surface area contributed by atoms with Gasteiger partial charge in [0.25, 0.3) is 0 Å². The largest absolute Gasteiger partial charge is 0.490 e. The lowest BCUT2D eigenvalue weighted by Crippen LogP contribution is -2.28. The van der Waals surface area contributed by atoms with E-state index in [0.29, 0.717) is 6.10 Å². The van der Waals surface area contributed by atoms with Gasteiger partial charge in [-0.15, -0.1) is 11.3 Å². The lowest BCUT2D eigenvalue weighted by molar-refractivity contribution is 0.303. The van der Waals surface area contributed by atoms with Crippen molar-refractivity contribution in [3.05, 3.63) is 51.7 Å². The molecular formula is C16H20N2OS. The lowest BCUT2D eigenvalue weighted by atomic mass is 10.1. The summed E-state index contributed by atoms with van der Waals surface area (Å²) < 4.78 is 5.77. The van der Waals surface area contributed by atoms with Crippen LogP contribution in [0.25, 0.3) is 0 Å². The molecule has 0 bridgehead atoms. The minimum atomic E-state index is 0.0512. The molecule has 2 aromatic rings. The number of thiophene rings is 1. The summed E-state index contributed by atoms with van der Waals surface area (Å²) in [5.74, 6) is 6.69. The van der Waals surface area contributed by atoms with E-state index in [1.807, 2.05) is 23.5 Å². The van der Waals surface area contributed by atoms with Crippen molar-refractivity contribution in [2.45, 2.75) is 38.3 Å². The van der Waals surface area contributed by atoms with Crippen molar-refractivity contribution in [2.24, 2.45) is 5.84 Å². The molecule has 3 nitrogen and oxygen atoms in total. The third-order valence-electron chi connectivity index (χ3n) is 3.52. The van der Waals surface area contributed by atoms with E-state index in [1.54, 1.807) is 0 Å². The number of aryl methyl sites for hydroxylation is 1. The summed E-state index contributed by atoms with van der Waals surface area (Å²) in [7, 11) is 0. The Morgan fingerprint density at radius 1 is 1.25 bits per heavy atom. The summed E-state index contributed by atoms with van der Waals surface area (Å²) in [4.78, 5) is 2.63. The van der Waals surface area contributed by atoms with Crippen LogP contribution in [0.4, 0.5) is 0 Å². The first-order valence-electron chi connectivity index (χ1n) is 7.11. The molecule has 4 heteroatoms. The van der Waals surface area contributed by atoms with E-state index in [0.717, 1.165) is 12.2 Å². The number of nitrogens with one attached hydrogen (secondary N) is 1. The molecule has 1 aromatic carbocycles. The summed E-state index contributed by atoms with van der Waals surface area (Å²) in [5, 5.41) is 0. The molecule has 1 heterocycles. The third-order valence-corrected chi connectivity index (χ3v) is 4.82. The molecule has 1 aliphatic rings. The predicted octanol–water partition coefficient (Wildman–Crippen LogP) is 3.40. The van der Waals surface area contributed by atoms with Crippen molar-refractivity contribution in [1.82, 2.24) is 5.43 Å². The van der Waals surface area contributed by atoms with Gasteiger partial charge in [0.05, 0.1) is 12.1 Å². The molecule has 0 radical (unpaired) electrons. The number of hydrogen-bond donors (Lipinski definition) is 2. The van der Waals surface area contributed by atoms with Crippen molar-refractivity contribution in [3.63, 3.8) is 0 Å². The highest BCUT2D eigenvalue weighted by Crippen LogP contribution is 2.31. The third kappa shape index (κ3) is 3.03. The molecule has 3 rings (SSSR count). The Morgan fingerprint density at radius 2 is 2.00 bits per heavy atom. The molecule has 1 aliphatic carbocycles. The van der Waals surface area contributed by atoms with E-state index in [-0.39, 0.29) is 6.04 Å². The van der Waals surface area contributed by atoms with Crippen LogP contribution in [-0.2, 0) is 6.42 Å². The van der Waals surface area contributed by atoms with E-state index in [9.17, 15) is 0 Å². The van der Waals surface area contributed by atoms with Crippen LogP contribution in [-0.4, -0.2) is 6.10 Å². The first-order chi connectivity index (χ1) is 9.80. The van der Waals surface area contributed by atoms with Gasteiger partial charge in [-0.1, -0.05) is 19.1 Å². The van der Waals surface area contributed by atoms with E-state index < -0.39 is 0 Å². The van der Waals surface area contributed by atoms with Gasteiger partial charge in [0.15, 0.2) is 0 Å². The molecule has 1 fully saturated rings. The number of benzene rings is 1. The fourth-order valence-corrected chi connectivity index (χ4v) is 3.24. The topological polar surface area (TPSA) is 47.3 Å². The molecule has 0 spiro atoms. The Morgan fingerprint density at radius 3 is 2.55 bits per heavy atom. The first kappa shape index (κ1) is 13.6. The molecule has 3 N–H and O–H groups in total. The molecule has 0 saturated heterocycles. The maximum atomic E-state index is 5.77. The molecular weight excluding hydrogens is 268 g/mol. The summed E-state index contributed by atoms with van der Waals surface area (Å²) >= 11 is 1.81. The van der Waals surface area contributed by atoms with Gasteiger partial charge in [-0.25, -0.2) is 5.43 Å². The first-order valence-corrected chi connectivity index (χ1v) is 7.93. The molecule has 0 aliphatic heterocycles. The molecule has 1 aromatic heterocycles. The van der Waals surface area contributed by atoms with Gasteiger partial charge < -0.3 is 4.74 Å². The van der Waals surface area contributed by atoms with Crippen molar-refractivity contribution < 1.29 is 4.74 Å². The van der Waals surface area contributed by atoms with Gasteiger partial charge in [-0.2, -0.15) is 0 Å². The van der Waals surface area contributed by atoms with Crippen LogP contribution < -0.4 is 16.0 Å². The second-order valence-electron chi connectivity index (χ2n) is 5.14. The molecule has 1 unspecified atom stereocenters. The summed E-state index contributed by atoms with van der Waals surface area (Å²) in [5.41, 5.74) is 4.08. The maximum Gasteiger partial charge on any atom is 0.119 e. The highest BCUT2D eigenvalue weighted by Gasteiger charge is 2.23. The van der Waals surface area contributed by atoms with Gasteiger partial charge in [0.1, 0.15) is 5.75 Å². The summed E-state index contributed by atoms with van der Waals surface area (Å²) in [6.07, 6.45) is 3.87. The van der Waals surface area contributed by atoms with Crippen LogP contribution in [0, 0.1) is 0 Å². The maximum absolute atomic E-state index is 5.77. The molecule has 1 saturated carbocycles. The van der Waals surface area contributed by atoms with Crippen LogP contribution in [0.15, 0.2) is 36.4 Å². The number of ether oxygens (including phenoxy) is 1. The van der Waals surface area contributed by atoms with Crippen LogP contribution in [0.1, 0.15) is 41.1 Å². The van der Waals surface area contributed by atoms with Crippen molar-refractivity contribution in [2.75, 3.05) is 0 Å². The van der Waals surface area contributed by atoms with Crippen molar-refractivity contribution >= 4 is 11.3 Å². The lowest BCUT2D eigenvalue weighted by Gasteiger charge is -2.15. The Labute approximate surface area is 123 Å². The number of rotatable bonds is 6. The minimum absolute atomic E-state index is 0.0512. The monoisotopic (exact) mass is 288 g/mol. The van der Waals surface area contributed by atoms with E-state index in [2.05, 4.69) is 36.6 Å². The second kappa shape index (κ2) is 5.95. The van der Waals surface area contributed by atoms with Crippen LogP contribution >= 0.6 is 11.3 Å². The SMILES string of the molecule is CCc1ccc(C(NN)c2ccc(OC3CC3)cc2)s1. The summed E-state index contributed by atoms with van der Waals surface area (Å²) in [6, 6.07) is 12.6. The smallest absolute Gasteiger partial charge is 0.119 e. The standard InChI is InChI=1S/C16H20N2OS/c1-2-14-9-10-15(20-14)16(18-17)11-3-5-12(6-4-11)19-13-7-8-13/h3-6,9-10,13,16,18H,2,7-8,17H2,1H3. The molecule has 20 heavy (non-hydrogen) atoms. The second-order valence-corrected chi connectivity index (χ2v) is 6.34. The summed E-state index contributed by atoms with van der Waals surface area (Å²) in [6.45, 7) is 2.17. The van der Waals surface area contributed by atoms with Crippen molar-refractivity contribution in [1.29, 1.82) is 0 Å². The average molecular weight is 288 g/mol. The van der Waals surface area contributed by atoms with Crippen LogP contribution in [0.3, 0.4) is 0 Å². The van der Waals surface area contributed by atoms with Gasteiger partial charge in [0.2, 0.25) is 0 Å². The van der Waals surface area contributed by atoms with Crippen molar-refractivity contribution in [3.8, 4) is 5.75 Å². The molecule has 106 valence electrons. The number of nitrogens with two attached hydrogens (primary N) is 1. The normalized spacial score (nSPS) is 16.1. The molecule has 0 amide bonds. The quantitative estimate of drug-likeness (QED) is 0.632. The Balaban J connectivity index is 1.77.